The van der Waals surface area contributed by atoms with Crippen molar-refractivity contribution in [2.45, 2.75) is 13.0 Å². The van der Waals surface area contributed by atoms with Crippen LogP contribution in [-0.4, -0.2) is 12.5 Å². The summed E-state index contributed by atoms with van der Waals surface area (Å²) in [6.45, 7) is 0.756. The van der Waals surface area contributed by atoms with Crippen LogP contribution < -0.4 is 11.1 Å². The highest BCUT2D eigenvalue weighted by Gasteiger charge is 2.03. The molecule has 0 aliphatic carbocycles. The molecular formula is C17H17FN4. The molecule has 0 aliphatic heterocycles. The Labute approximate surface area is 129 Å². The van der Waals surface area contributed by atoms with Gasteiger partial charge in [0.25, 0.3) is 0 Å². The number of benzene rings is 2. The quantitative estimate of drug-likeness (QED) is 0.657. The van der Waals surface area contributed by atoms with Gasteiger partial charge in [0, 0.05) is 12.1 Å². The van der Waals surface area contributed by atoms with Gasteiger partial charge in [0.15, 0.2) is 5.96 Å². The van der Waals surface area contributed by atoms with E-state index in [1.54, 1.807) is 0 Å². The van der Waals surface area contributed by atoms with Gasteiger partial charge in [-0.15, -0.1) is 0 Å². The van der Waals surface area contributed by atoms with Crippen molar-refractivity contribution in [2.75, 3.05) is 6.54 Å². The van der Waals surface area contributed by atoms with Crippen LogP contribution in [0.2, 0.25) is 0 Å². The maximum atomic E-state index is 13.6. The van der Waals surface area contributed by atoms with Gasteiger partial charge in [-0.2, -0.15) is 5.26 Å². The molecule has 0 heterocycles. The van der Waals surface area contributed by atoms with Crippen molar-refractivity contribution < 1.29 is 4.39 Å². The van der Waals surface area contributed by atoms with Crippen LogP contribution in [0.3, 0.4) is 0 Å². The van der Waals surface area contributed by atoms with E-state index in [2.05, 4.69) is 10.3 Å². The van der Waals surface area contributed by atoms with Gasteiger partial charge in [0.05, 0.1) is 18.2 Å². The molecule has 0 spiro atoms. The molecule has 0 aliphatic rings. The lowest BCUT2D eigenvalue weighted by atomic mass is 10.1. The van der Waals surface area contributed by atoms with E-state index >= 15 is 0 Å². The summed E-state index contributed by atoms with van der Waals surface area (Å²) in [4.78, 5) is 4.10. The third-order valence-electron chi connectivity index (χ3n) is 3.16. The van der Waals surface area contributed by atoms with E-state index in [4.69, 9.17) is 11.0 Å². The highest BCUT2D eigenvalue weighted by molar-refractivity contribution is 5.77. The molecular weight excluding hydrogens is 279 g/mol. The second-order valence-electron chi connectivity index (χ2n) is 4.78. The number of nitrogens with two attached hydrogens (primary N) is 1. The van der Waals surface area contributed by atoms with Crippen LogP contribution >= 0.6 is 0 Å². The Kier molecular flexibility index (Phi) is 5.50. The van der Waals surface area contributed by atoms with Crippen molar-refractivity contribution >= 4 is 5.96 Å². The molecule has 2 aromatic rings. The fraction of sp³-hybridized carbons (Fsp3) is 0.176. The maximum Gasteiger partial charge on any atom is 0.188 e. The molecule has 0 saturated carbocycles. The zero-order valence-electron chi connectivity index (χ0n) is 12.1. The predicted octanol–water partition coefficient (Wildman–Crippen LogP) is 2.34. The molecule has 0 amide bonds. The molecule has 0 unspecified atom stereocenters. The Morgan fingerprint density at radius 2 is 2.00 bits per heavy atom. The fourth-order valence-corrected chi connectivity index (χ4v) is 1.97. The summed E-state index contributed by atoms with van der Waals surface area (Å²) in [6, 6.07) is 16.2. The number of hydrogen-bond acceptors (Lipinski definition) is 2. The molecule has 5 heteroatoms. The summed E-state index contributed by atoms with van der Waals surface area (Å²) in [7, 11) is 0. The molecule has 2 aromatic carbocycles. The monoisotopic (exact) mass is 296 g/mol. The van der Waals surface area contributed by atoms with Crippen molar-refractivity contribution in [3.63, 3.8) is 0 Å². The van der Waals surface area contributed by atoms with Crippen LogP contribution in [0, 0.1) is 17.1 Å². The average molecular weight is 296 g/mol. The molecule has 0 aromatic heterocycles. The van der Waals surface area contributed by atoms with Gasteiger partial charge in [-0.25, -0.2) is 9.38 Å². The van der Waals surface area contributed by atoms with Gasteiger partial charge in [-0.1, -0.05) is 30.3 Å². The van der Waals surface area contributed by atoms with Crippen molar-refractivity contribution in [1.82, 2.24) is 5.32 Å². The molecule has 0 bridgehead atoms. The first-order chi connectivity index (χ1) is 10.7. The number of rotatable bonds is 5. The summed E-state index contributed by atoms with van der Waals surface area (Å²) in [6.07, 6.45) is 0.829. The van der Waals surface area contributed by atoms with Crippen LogP contribution in [0.4, 0.5) is 4.39 Å². The summed E-state index contributed by atoms with van der Waals surface area (Å²) in [5, 5.41) is 11.8. The van der Waals surface area contributed by atoms with E-state index < -0.39 is 0 Å². The van der Waals surface area contributed by atoms with E-state index in [0.717, 1.165) is 6.42 Å². The molecule has 4 nitrogen and oxygen atoms in total. The first-order valence-electron chi connectivity index (χ1n) is 6.95. The number of hydrogen-bond donors (Lipinski definition) is 2. The topological polar surface area (TPSA) is 74.2 Å². The van der Waals surface area contributed by atoms with Crippen LogP contribution in [0.25, 0.3) is 0 Å². The normalized spacial score (nSPS) is 11.0. The maximum absolute atomic E-state index is 13.6. The zero-order valence-corrected chi connectivity index (χ0v) is 12.1. The number of halogens is 1. The minimum absolute atomic E-state index is 0.103. The van der Waals surface area contributed by atoms with E-state index in [1.807, 2.05) is 36.4 Å². The largest absolute Gasteiger partial charge is 0.370 e. The van der Waals surface area contributed by atoms with Gasteiger partial charge in [0.1, 0.15) is 5.82 Å². The fourth-order valence-electron chi connectivity index (χ4n) is 1.97. The summed E-state index contributed by atoms with van der Waals surface area (Å²) in [5.74, 6) is -0.127. The number of aliphatic imine (C=N–C) groups is 1. The second-order valence-corrected chi connectivity index (χ2v) is 4.78. The van der Waals surface area contributed by atoms with Crippen molar-refractivity contribution in [2.24, 2.45) is 10.7 Å². The molecule has 0 atom stereocenters. The molecule has 2 rings (SSSR count). The van der Waals surface area contributed by atoms with E-state index in [0.29, 0.717) is 17.7 Å². The zero-order chi connectivity index (χ0) is 15.8. The lowest BCUT2D eigenvalue weighted by Gasteiger charge is -2.06. The molecule has 112 valence electrons. The Bertz CT molecular complexity index is 690. The Hall–Kier alpha value is -2.87. The molecule has 0 fully saturated rings. The molecule has 0 radical (unpaired) electrons. The first kappa shape index (κ1) is 15.5. The highest BCUT2D eigenvalue weighted by Crippen LogP contribution is 2.11. The van der Waals surface area contributed by atoms with Gasteiger partial charge < -0.3 is 11.1 Å². The van der Waals surface area contributed by atoms with E-state index in [9.17, 15) is 4.39 Å². The average Bonchev–Trinajstić information content (AvgIpc) is 2.55. The van der Waals surface area contributed by atoms with Crippen molar-refractivity contribution in [1.29, 1.82) is 5.26 Å². The Morgan fingerprint density at radius 1 is 1.23 bits per heavy atom. The number of guanidine groups is 1. The number of nitrogens with zero attached hydrogens (tertiary/aromatic N) is 2. The minimum Gasteiger partial charge on any atom is -0.370 e. The predicted molar refractivity (Wildman–Crippen MR) is 84.6 cm³/mol. The third-order valence-corrected chi connectivity index (χ3v) is 3.16. The van der Waals surface area contributed by atoms with Crippen molar-refractivity contribution in [3.05, 3.63) is 71.0 Å². The first-order valence-corrected chi connectivity index (χ1v) is 6.95. The Balaban J connectivity index is 1.86. The second kappa shape index (κ2) is 7.79. The van der Waals surface area contributed by atoms with Gasteiger partial charge >= 0.3 is 0 Å². The smallest absolute Gasteiger partial charge is 0.188 e. The standard InChI is InChI=1S/C17H17FN4/c18-16-7-6-14(11-19)10-15(16)12-22-17(20)21-9-8-13-4-2-1-3-5-13/h1-7,10H,8-9,12H2,(H3,20,21,22). The van der Waals surface area contributed by atoms with Crippen LogP contribution in [0.5, 0.6) is 0 Å². The molecule has 22 heavy (non-hydrogen) atoms. The van der Waals surface area contributed by atoms with E-state index in [1.165, 1.54) is 23.8 Å². The summed E-state index contributed by atoms with van der Waals surface area (Å²) in [5.41, 5.74) is 7.72. The lowest BCUT2D eigenvalue weighted by molar-refractivity contribution is 0.610. The summed E-state index contributed by atoms with van der Waals surface area (Å²) < 4.78 is 13.6. The van der Waals surface area contributed by atoms with Crippen molar-refractivity contribution in [3.8, 4) is 6.07 Å². The van der Waals surface area contributed by atoms with Gasteiger partial charge in [-0.05, 0) is 30.2 Å². The molecule has 0 saturated heterocycles. The summed E-state index contributed by atoms with van der Waals surface area (Å²) >= 11 is 0. The lowest BCUT2D eigenvalue weighted by Crippen LogP contribution is -2.33. The Morgan fingerprint density at radius 3 is 2.73 bits per heavy atom. The van der Waals surface area contributed by atoms with Gasteiger partial charge in [-0.3, -0.25) is 0 Å². The third kappa shape index (κ3) is 4.60. The number of nitriles is 1. The molecule has 3 N–H and O–H groups in total. The SMILES string of the molecule is N#Cc1ccc(F)c(CN=C(N)NCCc2ccccc2)c1. The number of nitrogens with one attached hydrogen (secondary N) is 1. The van der Waals surface area contributed by atoms with E-state index in [-0.39, 0.29) is 18.3 Å². The van der Waals surface area contributed by atoms with Crippen LogP contribution in [0.15, 0.2) is 53.5 Å². The van der Waals surface area contributed by atoms with Crippen LogP contribution in [-0.2, 0) is 13.0 Å². The van der Waals surface area contributed by atoms with Crippen LogP contribution in [0.1, 0.15) is 16.7 Å². The van der Waals surface area contributed by atoms with Gasteiger partial charge in [0.2, 0.25) is 0 Å². The minimum atomic E-state index is -0.389. The highest BCUT2D eigenvalue weighted by atomic mass is 19.1.